The topological polar surface area (TPSA) is 110 Å². The third-order valence-corrected chi connectivity index (χ3v) is 3.44. The van der Waals surface area contributed by atoms with Crippen molar-refractivity contribution in [1.82, 2.24) is 9.97 Å². The lowest BCUT2D eigenvalue weighted by atomic mass is 10.1. The fourth-order valence-electron chi connectivity index (χ4n) is 1.75. The van der Waals surface area contributed by atoms with Crippen molar-refractivity contribution in [1.29, 1.82) is 0 Å². The number of hydrogen-bond acceptors (Lipinski definition) is 6. The van der Waals surface area contributed by atoms with Gasteiger partial charge in [-0.1, -0.05) is 13.3 Å². The Morgan fingerprint density at radius 3 is 2.58 bits per heavy atom. The van der Waals surface area contributed by atoms with Crippen LogP contribution in [-0.2, 0) is 16.4 Å². The first-order chi connectivity index (χ1) is 8.98. The van der Waals surface area contributed by atoms with Crippen LogP contribution in [0.15, 0.2) is 6.33 Å². The Balaban J connectivity index is 2.67. The molecule has 0 saturated heterocycles. The minimum atomic E-state index is -3.40. The second kappa shape index (κ2) is 7.25. The van der Waals surface area contributed by atoms with Crippen LogP contribution in [0, 0.1) is 0 Å². The van der Waals surface area contributed by atoms with Crippen LogP contribution in [0.25, 0.3) is 0 Å². The van der Waals surface area contributed by atoms with Gasteiger partial charge in [0.15, 0.2) is 0 Å². The second-order valence-electron chi connectivity index (χ2n) is 4.20. The third-order valence-electron chi connectivity index (χ3n) is 2.58. The lowest BCUT2D eigenvalue weighted by Crippen LogP contribution is -2.19. The van der Waals surface area contributed by atoms with E-state index in [2.05, 4.69) is 27.5 Å². The Morgan fingerprint density at radius 2 is 2.00 bits per heavy atom. The van der Waals surface area contributed by atoms with E-state index in [1.54, 1.807) is 0 Å². The van der Waals surface area contributed by atoms with Crippen molar-refractivity contribution in [3.05, 3.63) is 11.9 Å². The molecule has 1 aromatic heterocycles. The van der Waals surface area contributed by atoms with E-state index in [9.17, 15) is 8.42 Å². The third kappa shape index (κ3) is 5.39. The molecule has 0 amide bonds. The van der Waals surface area contributed by atoms with Crippen molar-refractivity contribution < 1.29 is 8.42 Å². The molecule has 8 heteroatoms. The van der Waals surface area contributed by atoms with E-state index in [1.807, 2.05) is 7.05 Å². The number of hydrogen-bond donors (Lipinski definition) is 3. The van der Waals surface area contributed by atoms with Crippen LogP contribution >= 0.6 is 0 Å². The van der Waals surface area contributed by atoms with E-state index in [4.69, 9.17) is 5.14 Å². The first-order valence-corrected chi connectivity index (χ1v) is 7.95. The summed E-state index contributed by atoms with van der Waals surface area (Å²) in [5, 5.41) is 11.1. The zero-order chi connectivity index (χ0) is 14.3. The zero-order valence-corrected chi connectivity index (χ0v) is 12.1. The first-order valence-electron chi connectivity index (χ1n) is 6.24. The summed E-state index contributed by atoms with van der Waals surface area (Å²) in [5.74, 6) is 1.51. The summed E-state index contributed by atoms with van der Waals surface area (Å²) in [4.78, 5) is 8.36. The number of rotatable bonds is 8. The number of nitrogens with one attached hydrogen (secondary N) is 2. The van der Waals surface area contributed by atoms with Gasteiger partial charge in [-0.2, -0.15) is 0 Å². The number of primary sulfonamides is 1. The standard InChI is InChI=1S/C11H21N5O2S/c1-3-5-9-10(13-2)15-8-16-11(9)14-6-4-7-19(12,17)18/h8H,3-7H2,1-2H3,(H2,12,17,18)(H2,13,14,15,16). The molecule has 0 bridgehead atoms. The molecule has 0 aromatic carbocycles. The SMILES string of the molecule is CCCc1c(NC)ncnc1NCCCS(N)(=O)=O. The van der Waals surface area contributed by atoms with Crippen LogP contribution in [0.4, 0.5) is 11.6 Å². The first kappa shape index (κ1) is 15.6. The molecule has 0 fully saturated rings. The molecule has 0 aliphatic heterocycles. The molecule has 0 aliphatic rings. The highest BCUT2D eigenvalue weighted by atomic mass is 32.2. The van der Waals surface area contributed by atoms with E-state index in [-0.39, 0.29) is 5.75 Å². The molecule has 1 aromatic rings. The van der Waals surface area contributed by atoms with Gasteiger partial charge in [0.25, 0.3) is 0 Å². The Labute approximate surface area is 114 Å². The number of sulfonamides is 1. The Bertz CT molecular complexity index is 504. The van der Waals surface area contributed by atoms with Gasteiger partial charge in [-0.25, -0.2) is 23.5 Å². The number of anilines is 2. The van der Waals surface area contributed by atoms with Crippen molar-refractivity contribution >= 4 is 21.7 Å². The van der Waals surface area contributed by atoms with Gasteiger partial charge >= 0.3 is 0 Å². The van der Waals surface area contributed by atoms with E-state index in [0.29, 0.717) is 13.0 Å². The monoisotopic (exact) mass is 287 g/mol. The highest BCUT2D eigenvalue weighted by molar-refractivity contribution is 7.89. The fraction of sp³-hybridized carbons (Fsp3) is 0.636. The lowest BCUT2D eigenvalue weighted by Gasteiger charge is -2.13. The van der Waals surface area contributed by atoms with Crippen LogP contribution < -0.4 is 15.8 Å². The molecular formula is C11H21N5O2S. The average molecular weight is 287 g/mol. The van der Waals surface area contributed by atoms with Crippen molar-refractivity contribution in [3.63, 3.8) is 0 Å². The number of nitrogens with two attached hydrogens (primary N) is 1. The van der Waals surface area contributed by atoms with Crippen LogP contribution in [-0.4, -0.2) is 37.7 Å². The molecule has 0 radical (unpaired) electrons. The molecular weight excluding hydrogens is 266 g/mol. The Morgan fingerprint density at radius 1 is 1.32 bits per heavy atom. The highest BCUT2D eigenvalue weighted by Gasteiger charge is 2.09. The minimum absolute atomic E-state index is 0.0346. The van der Waals surface area contributed by atoms with Gasteiger partial charge < -0.3 is 10.6 Å². The largest absolute Gasteiger partial charge is 0.373 e. The summed E-state index contributed by atoms with van der Waals surface area (Å²) in [7, 11) is -1.59. The summed E-state index contributed by atoms with van der Waals surface area (Å²) in [6.07, 6.45) is 3.76. The van der Waals surface area contributed by atoms with E-state index in [1.165, 1.54) is 6.33 Å². The molecule has 0 aliphatic carbocycles. The maximum absolute atomic E-state index is 10.8. The second-order valence-corrected chi connectivity index (χ2v) is 5.93. The fourth-order valence-corrected chi connectivity index (χ4v) is 2.29. The molecule has 108 valence electrons. The Kier molecular flexibility index (Phi) is 5.97. The molecule has 0 atom stereocenters. The molecule has 19 heavy (non-hydrogen) atoms. The van der Waals surface area contributed by atoms with Crippen LogP contribution in [0.2, 0.25) is 0 Å². The van der Waals surface area contributed by atoms with Gasteiger partial charge in [-0.05, 0) is 12.8 Å². The van der Waals surface area contributed by atoms with Crippen molar-refractivity contribution in [3.8, 4) is 0 Å². The number of nitrogens with zero attached hydrogens (tertiary/aromatic N) is 2. The molecule has 7 nitrogen and oxygen atoms in total. The van der Waals surface area contributed by atoms with Gasteiger partial charge in [-0.3, -0.25) is 0 Å². The van der Waals surface area contributed by atoms with Crippen LogP contribution in [0.5, 0.6) is 0 Å². The molecule has 0 spiro atoms. The van der Waals surface area contributed by atoms with Gasteiger partial charge in [0.1, 0.15) is 18.0 Å². The molecule has 1 heterocycles. The number of aromatic nitrogens is 2. The summed E-state index contributed by atoms with van der Waals surface area (Å²) < 4.78 is 21.7. The molecule has 4 N–H and O–H groups in total. The maximum Gasteiger partial charge on any atom is 0.209 e. The van der Waals surface area contributed by atoms with Gasteiger partial charge in [0.05, 0.1) is 5.75 Å². The maximum atomic E-state index is 10.8. The summed E-state index contributed by atoms with van der Waals surface area (Å²) in [6, 6.07) is 0. The van der Waals surface area contributed by atoms with Gasteiger partial charge in [0.2, 0.25) is 10.0 Å². The van der Waals surface area contributed by atoms with Gasteiger partial charge in [-0.15, -0.1) is 0 Å². The van der Waals surface area contributed by atoms with E-state index >= 15 is 0 Å². The normalized spacial score (nSPS) is 11.3. The predicted octanol–water partition coefficient (Wildman–Crippen LogP) is 0.561. The smallest absolute Gasteiger partial charge is 0.209 e. The summed E-state index contributed by atoms with van der Waals surface area (Å²) >= 11 is 0. The molecule has 0 unspecified atom stereocenters. The van der Waals surface area contributed by atoms with Crippen molar-refractivity contribution in [2.75, 3.05) is 30.0 Å². The highest BCUT2D eigenvalue weighted by Crippen LogP contribution is 2.20. The van der Waals surface area contributed by atoms with E-state index < -0.39 is 10.0 Å². The average Bonchev–Trinajstić information content (AvgIpc) is 2.35. The zero-order valence-electron chi connectivity index (χ0n) is 11.3. The van der Waals surface area contributed by atoms with Crippen LogP contribution in [0.3, 0.4) is 0 Å². The molecule has 0 saturated carbocycles. The Hall–Kier alpha value is -1.41. The minimum Gasteiger partial charge on any atom is -0.373 e. The van der Waals surface area contributed by atoms with Crippen molar-refractivity contribution in [2.24, 2.45) is 5.14 Å². The van der Waals surface area contributed by atoms with Crippen LogP contribution in [0.1, 0.15) is 25.3 Å². The van der Waals surface area contributed by atoms with Gasteiger partial charge in [0, 0.05) is 19.2 Å². The lowest BCUT2D eigenvalue weighted by molar-refractivity contribution is 0.595. The van der Waals surface area contributed by atoms with Crippen molar-refractivity contribution in [2.45, 2.75) is 26.2 Å². The van der Waals surface area contributed by atoms with E-state index in [0.717, 1.165) is 30.0 Å². The molecule has 1 rings (SSSR count). The summed E-state index contributed by atoms with van der Waals surface area (Å²) in [5.41, 5.74) is 1.02. The quantitative estimate of drug-likeness (QED) is 0.603. The summed E-state index contributed by atoms with van der Waals surface area (Å²) in [6.45, 7) is 2.59. The predicted molar refractivity (Wildman–Crippen MR) is 76.7 cm³/mol.